The molecule has 1 aliphatic rings. The summed E-state index contributed by atoms with van der Waals surface area (Å²) in [6.45, 7) is 4.17. The number of nitrogens with two attached hydrogens (primary N) is 1. The van der Waals surface area contributed by atoms with Crippen molar-refractivity contribution in [3.8, 4) is 22.3 Å². The average molecular weight is 756 g/mol. The van der Waals surface area contributed by atoms with Crippen LogP contribution in [0.25, 0.3) is 44.3 Å². The summed E-state index contributed by atoms with van der Waals surface area (Å²) in [4.78, 5) is 37.3. The van der Waals surface area contributed by atoms with E-state index in [1.165, 1.54) is 27.8 Å². The topological polar surface area (TPSA) is 107 Å². The van der Waals surface area contributed by atoms with E-state index in [0.717, 1.165) is 56.8 Å². The number of hydrogen-bond acceptors (Lipinski definition) is 4. The van der Waals surface area contributed by atoms with Gasteiger partial charge in [0.05, 0.1) is 22.1 Å². The number of nitrogens with zero attached hydrogens (tertiary/aromatic N) is 3. The lowest BCUT2D eigenvalue weighted by Crippen LogP contribution is -2.25. The van der Waals surface area contributed by atoms with Gasteiger partial charge in [-0.1, -0.05) is 121 Å². The molecule has 0 bridgehead atoms. The van der Waals surface area contributed by atoms with E-state index >= 15 is 0 Å². The van der Waals surface area contributed by atoms with E-state index < -0.39 is 0 Å². The molecule has 2 unspecified atom stereocenters. The number of aromatic nitrogens is 4. The molecule has 3 heterocycles. The maximum absolute atomic E-state index is 13.0. The highest BCUT2D eigenvalue weighted by atomic mass is 35.5. The van der Waals surface area contributed by atoms with E-state index in [1.807, 2.05) is 47.0 Å². The standard InChI is InChI=1S/C25H22N2O.C23H20ClN3O/c1-16-12-22-23(13-17(16)2)27-24(26-22)14-21(15-25(27)28)20-10-8-19(9-11-20)18-6-4-3-5-7-18;24-19-10-11-20-21(14-19)27-23(26-20)13-18(12-22(25)28)17-8-6-16(7-9-17)15-4-2-1-3-5-15/h3-13,21H,14-15H2,1-2H3;1-11,14,18H,12-13H2,(H2,25,28)(H,26,27). The monoisotopic (exact) mass is 755 g/mol. The van der Waals surface area contributed by atoms with Gasteiger partial charge in [0, 0.05) is 30.7 Å². The van der Waals surface area contributed by atoms with Crippen LogP contribution in [-0.2, 0) is 17.6 Å². The molecule has 278 valence electrons. The van der Waals surface area contributed by atoms with Gasteiger partial charge in [0.1, 0.15) is 11.6 Å². The molecule has 0 aliphatic carbocycles. The Morgan fingerprint density at radius 1 is 0.750 bits per heavy atom. The molecule has 2 atom stereocenters. The molecule has 2 aromatic heterocycles. The van der Waals surface area contributed by atoms with E-state index in [9.17, 15) is 9.59 Å². The first-order valence-corrected chi connectivity index (χ1v) is 19.3. The predicted molar refractivity (Wildman–Crippen MR) is 226 cm³/mol. The van der Waals surface area contributed by atoms with Crippen molar-refractivity contribution in [2.45, 2.75) is 51.4 Å². The Hall–Kier alpha value is -6.31. The van der Waals surface area contributed by atoms with Crippen molar-refractivity contribution in [3.05, 3.63) is 178 Å². The van der Waals surface area contributed by atoms with Gasteiger partial charge in [-0.15, -0.1) is 0 Å². The number of fused-ring (bicyclic) bond motifs is 4. The molecule has 7 nitrogen and oxygen atoms in total. The predicted octanol–water partition coefficient (Wildman–Crippen LogP) is 10.8. The number of imidazole rings is 2. The molecular formula is C48H42ClN5O2. The van der Waals surface area contributed by atoms with Crippen LogP contribution in [0.15, 0.2) is 140 Å². The molecule has 56 heavy (non-hydrogen) atoms. The molecule has 0 radical (unpaired) electrons. The Balaban J connectivity index is 0.000000157. The number of carbonyl (C=O) groups excluding carboxylic acids is 2. The highest BCUT2D eigenvalue weighted by Gasteiger charge is 2.29. The fourth-order valence-corrected chi connectivity index (χ4v) is 7.87. The molecule has 3 N–H and O–H groups in total. The molecule has 0 spiro atoms. The van der Waals surface area contributed by atoms with Crippen molar-refractivity contribution < 1.29 is 9.59 Å². The van der Waals surface area contributed by atoms with Gasteiger partial charge in [-0.25, -0.2) is 9.97 Å². The molecular weight excluding hydrogens is 714 g/mol. The quantitative estimate of drug-likeness (QED) is 0.161. The van der Waals surface area contributed by atoms with Crippen molar-refractivity contribution in [1.82, 2.24) is 19.5 Å². The van der Waals surface area contributed by atoms with E-state index in [-0.39, 0.29) is 30.1 Å². The van der Waals surface area contributed by atoms with Gasteiger partial charge in [-0.2, -0.15) is 0 Å². The summed E-state index contributed by atoms with van der Waals surface area (Å²) in [5.74, 6) is 1.66. The number of primary amides is 1. The van der Waals surface area contributed by atoms with Gasteiger partial charge >= 0.3 is 0 Å². The number of halogens is 1. The minimum absolute atomic E-state index is 0.0432. The number of hydrogen-bond donors (Lipinski definition) is 2. The zero-order chi connectivity index (χ0) is 38.8. The summed E-state index contributed by atoms with van der Waals surface area (Å²) in [5, 5.41) is 0.660. The van der Waals surface area contributed by atoms with E-state index in [4.69, 9.17) is 22.3 Å². The lowest BCUT2D eigenvalue weighted by molar-refractivity contribution is -0.118. The first-order chi connectivity index (χ1) is 27.2. The summed E-state index contributed by atoms with van der Waals surface area (Å²) >= 11 is 6.05. The van der Waals surface area contributed by atoms with Crippen LogP contribution in [0, 0.1) is 13.8 Å². The highest BCUT2D eigenvalue weighted by Crippen LogP contribution is 2.34. The number of carbonyl (C=O) groups is 2. The van der Waals surface area contributed by atoms with Gasteiger partial charge in [0.15, 0.2) is 0 Å². The average Bonchev–Trinajstić information content (AvgIpc) is 3.78. The zero-order valence-corrected chi connectivity index (χ0v) is 32.1. The Morgan fingerprint density at radius 2 is 1.36 bits per heavy atom. The molecule has 1 amide bonds. The number of H-pyrrole nitrogens is 1. The second-order valence-electron chi connectivity index (χ2n) is 14.7. The molecule has 9 rings (SSSR count). The first kappa shape index (κ1) is 36.7. The maximum atomic E-state index is 13.0. The summed E-state index contributed by atoms with van der Waals surface area (Å²) < 4.78 is 1.83. The molecule has 0 fully saturated rings. The Morgan fingerprint density at radius 3 is 2.00 bits per heavy atom. The third-order valence-electron chi connectivity index (χ3n) is 10.8. The Bertz CT molecular complexity index is 2670. The van der Waals surface area contributed by atoms with Gasteiger partial charge in [-0.05, 0) is 101 Å². The van der Waals surface area contributed by atoms with Crippen LogP contribution in [0.1, 0.15) is 63.4 Å². The fraction of sp³-hybridized carbons (Fsp3) is 0.167. The lowest BCUT2D eigenvalue weighted by Gasteiger charge is -2.23. The number of aryl methyl sites for hydroxylation is 2. The minimum atomic E-state index is -0.323. The third kappa shape index (κ3) is 7.90. The van der Waals surface area contributed by atoms with Crippen LogP contribution in [0.5, 0.6) is 0 Å². The third-order valence-corrected chi connectivity index (χ3v) is 11.0. The second-order valence-corrected chi connectivity index (χ2v) is 15.1. The van der Waals surface area contributed by atoms with E-state index in [0.29, 0.717) is 17.9 Å². The number of rotatable bonds is 8. The van der Waals surface area contributed by atoms with Gasteiger partial charge in [-0.3, -0.25) is 14.2 Å². The summed E-state index contributed by atoms with van der Waals surface area (Å²) in [6, 6.07) is 47.2. The SMILES string of the molecule is Cc1cc2nc3n(c2cc1C)C(=O)CC(c1ccc(-c2ccccc2)cc1)C3.NC(=O)CC(Cc1nc2ccc(Cl)cc2[nH]1)c1ccc(-c2ccccc2)cc1. The van der Waals surface area contributed by atoms with Crippen LogP contribution in [0.4, 0.5) is 0 Å². The largest absolute Gasteiger partial charge is 0.370 e. The fourth-order valence-electron chi connectivity index (χ4n) is 7.70. The maximum Gasteiger partial charge on any atom is 0.233 e. The van der Waals surface area contributed by atoms with Crippen LogP contribution in [0.2, 0.25) is 5.02 Å². The van der Waals surface area contributed by atoms with Gasteiger partial charge in [0.25, 0.3) is 0 Å². The van der Waals surface area contributed by atoms with Crippen molar-refractivity contribution in [3.63, 3.8) is 0 Å². The van der Waals surface area contributed by atoms with E-state index in [2.05, 4.69) is 121 Å². The zero-order valence-electron chi connectivity index (χ0n) is 31.4. The van der Waals surface area contributed by atoms with Crippen molar-refractivity contribution in [2.24, 2.45) is 5.73 Å². The van der Waals surface area contributed by atoms with Crippen molar-refractivity contribution in [1.29, 1.82) is 0 Å². The molecule has 6 aromatic carbocycles. The van der Waals surface area contributed by atoms with Crippen LogP contribution >= 0.6 is 11.6 Å². The summed E-state index contributed by atoms with van der Waals surface area (Å²) in [5.41, 5.74) is 18.5. The van der Waals surface area contributed by atoms with Crippen LogP contribution in [0.3, 0.4) is 0 Å². The van der Waals surface area contributed by atoms with E-state index in [1.54, 1.807) is 0 Å². The molecule has 8 heteroatoms. The van der Waals surface area contributed by atoms with Crippen LogP contribution < -0.4 is 5.73 Å². The van der Waals surface area contributed by atoms with Crippen molar-refractivity contribution >= 4 is 45.5 Å². The number of benzene rings is 6. The molecule has 0 saturated heterocycles. The molecule has 8 aromatic rings. The Labute approximate surface area is 331 Å². The second kappa shape index (κ2) is 15.8. The Kier molecular flexibility index (Phi) is 10.3. The van der Waals surface area contributed by atoms with Gasteiger partial charge < -0.3 is 10.7 Å². The normalized spacial score (nSPS) is 14.3. The first-order valence-electron chi connectivity index (χ1n) is 18.9. The molecule has 0 saturated carbocycles. The smallest absolute Gasteiger partial charge is 0.233 e. The number of aromatic amines is 1. The summed E-state index contributed by atoms with van der Waals surface area (Å²) in [7, 11) is 0. The lowest BCUT2D eigenvalue weighted by atomic mass is 9.88. The summed E-state index contributed by atoms with van der Waals surface area (Å²) in [6.07, 6.45) is 2.18. The molecule has 1 aliphatic heterocycles. The number of nitrogens with one attached hydrogen (secondary N) is 1. The van der Waals surface area contributed by atoms with Crippen molar-refractivity contribution in [2.75, 3.05) is 0 Å². The highest BCUT2D eigenvalue weighted by molar-refractivity contribution is 6.31. The van der Waals surface area contributed by atoms with Gasteiger partial charge in [0.2, 0.25) is 11.8 Å². The number of amides is 1. The van der Waals surface area contributed by atoms with Crippen LogP contribution in [-0.4, -0.2) is 31.3 Å². The minimum Gasteiger partial charge on any atom is -0.370 e.